The topological polar surface area (TPSA) is 123 Å². The first-order valence-corrected chi connectivity index (χ1v) is 15.6. The van der Waals surface area contributed by atoms with Gasteiger partial charge in [-0.05, 0) is 63.2 Å². The maximum absolute atomic E-state index is 15.5. The van der Waals surface area contributed by atoms with Crippen LogP contribution >= 0.6 is 0 Å². The quantitative estimate of drug-likeness (QED) is 0.277. The molecule has 46 heavy (non-hydrogen) atoms. The number of phenolic OH excluding ortho intramolecular Hbond substituents is 1. The second kappa shape index (κ2) is 10.4. The van der Waals surface area contributed by atoms with Gasteiger partial charge in [0.1, 0.15) is 41.2 Å². The number of hydrogen-bond donors (Lipinski definition) is 1. The number of aromatic nitrogens is 5. The van der Waals surface area contributed by atoms with Gasteiger partial charge in [-0.25, -0.2) is 13.6 Å². The van der Waals surface area contributed by atoms with E-state index in [1.54, 1.807) is 26.2 Å². The molecule has 0 radical (unpaired) electrons. The number of nitrogens with zero attached hydrogens (tertiary/aromatic N) is 7. The predicted octanol–water partition coefficient (Wildman–Crippen LogP) is 4.91. The molecular weight excluding hydrogens is 596 g/mol. The molecule has 8 rings (SSSR count). The molecule has 1 N–H and O–H groups in total. The zero-order chi connectivity index (χ0) is 31.9. The molecule has 0 saturated carbocycles. The summed E-state index contributed by atoms with van der Waals surface area (Å²) >= 11 is 0. The number of phenols is 1. The average Bonchev–Trinajstić information content (AvgIpc) is 3.70. The molecule has 0 amide bonds. The molecule has 0 aliphatic carbocycles. The van der Waals surface area contributed by atoms with Crippen molar-refractivity contribution in [2.24, 2.45) is 7.05 Å². The standard InChI is InChI=1S/C33H33F2N7O4/c1-17-7-10-42(17)30-27-28(36-32(37-30)45-16-33-8-4-9-41(33)14-20(34)13-33)18(2)29(46-31(27)44)22-12-21(43)11-19-5-6-23(35)26(25(19)22)24-15-40(3)39-38-24/h5-6,11-12,15,17,20,43H,4,7-10,13-14,16H2,1-3H3/t17-,20-,33+/m1/s1. The van der Waals surface area contributed by atoms with E-state index in [-0.39, 0.29) is 46.8 Å². The van der Waals surface area contributed by atoms with Gasteiger partial charge in [0.05, 0.1) is 17.3 Å². The van der Waals surface area contributed by atoms with Crippen LogP contribution in [0.2, 0.25) is 0 Å². The second-order valence-electron chi connectivity index (χ2n) is 12.9. The summed E-state index contributed by atoms with van der Waals surface area (Å²) in [5.41, 5.74) is 0.492. The zero-order valence-electron chi connectivity index (χ0n) is 25.8. The van der Waals surface area contributed by atoms with Gasteiger partial charge in [-0.1, -0.05) is 11.3 Å². The van der Waals surface area contributed by atoms with Gasteiger partial charge in [-0.2, -0.15) is 9.97 Å². The van der Waals surface area contributed by atoms with E-state index in [9.17, 15) is 14.3 Å². The van der Waals surface area contributed by atoms with Crippen molar-refractivity contribution in [2.75, 3.05) is 31.1 Å². The summed E-state index contributed by atoms with van der Waals surface area (Å²) in [6.45, 7) is 5.98. The molecule has 3 aliphatic heterocycles. The lowest BCUT2D eigenvalue weighted by Crippen LogP contribution is -2.47. The summed E-state index contributed by atoms with van der Waals surface area (Å²) < 4.78 is 43.8. The van der Waals surface area contributed by atoms with Gasteiger partial charge < -0.3 is 19.2 Å². The van der Waals surface area contributed by atoms with Crippen molar-refractivity contribution in [3.8, 4) is 34.3 Å². The Morgan fingerprint density at radius 1 is 1.20 bits per heavy atom. The van der Waals surface area contributed by atoms with E-state index in [1.807, 2.05) is 4.90 Å². The third-order valence-corrected chi connectivity index (χ3v) is 9.94. The lowest BCUT2D eigenvalue weighted by Gasteiger charge is -2.40. The average molecular weight is 630 g/mol. The number of rotatable bonds is 6. The molecule has 5 aromatic rings. The normalized spacial score (nSPS) is 22.9. The third-order valence-electron chi connectivity index (χ3n) is 9.94. The van der Waals surface area contributed by atoms with Gasteiger partial charge in [-0.3, -0.25) is 9.58 Å². The van der Waals surface area contributed by atoms with Gasteiger partial charge >= 0.3 is 11.6 Å². The molecule has 3 aliphatic rings. The summed E-state index contributed by atoms with van der Waals surface area (Å²) in [6.07, 6.45) is 3.84. The number of alkyl halides is 1. The minimum atomic E-state index is -0.901. The lowest BCUT2D eigenvalue weighted by atomic mass is 9.93. The SMILES string of the molecule is Cc1c(-c2cc(O)cc3ccc(F)c(-c4cn(C)nn4)c23)oc(=O)c2c(N3CC[C@H]3C)nc(OC[C@@]34CCCN3C[C@H](F)C4)nc12. The van der Waals surface area contributed by atoms with Crippen LogP contribution in [0, 0.1) is 12.7 Å². The lowest BCUT2D eigenvalue weighted by molar-refractivity contribution is 0.107. The number of ether oxygens (including phenoxy) is 1. The monoisotopic (exact) mass is 629 g/mol. The molecule has 11 nitrogen and oxygen atoms in total. The Hall–Kier alpha value is -4.65. The number of fused-ring (bicyclic) bond motifs is 3. The van der Waals surface area contributed by atoms with Crippen LogP contribution in [0.5, 0.6) is 11.8 Å². The molecule has 0 bridgehead atoms. The fourth-order valence-corrected chi connectivity index (χ4v) is 7.54. The third kappa shape index (κ3) is 4.43. The number of halogens is 2. The van der Waals surface area contributed by atoms with Gasteiger partial charge in [0.15, 0.2) is 5.82 Å². The summed E-state index contributed by atoms with van der Waals surface area (Å²) in [4.78, 5) is 27.5. The summed E-state index contributed by atoms with van der Waals surface area (Å²) in [5.74, 6) is -0.0929. The van der Waals surface area contributed by atoms with Crippen molar-refractivity contribution in [1.82, 2.24) is 29.9 Å². The Labute approximate surface area is 262 Å². The predicted molar refractivity (Wildman–Crippen MR) is 167 cm³/mol. The summed E-state index contributed by atoms with van der Waals surface area (Å²) in [7, 11) is 1.68. The van der Waals surface area contributed by atoms with Crippen LogP contribution in [0.4, 0.5) is 14.6 Å². The number of anilines is 1. The fraction of sp³-hybridized carbons (Fsp3) is 0.424. The Balaban J connectivity index is 1.33. The minimum absolute atomic E-state index is 0.0914. The van der Waals surface area contributed by atoms with Crippen LogP contribution in [0.25, 0.3) is 44.3 Å². The Morgan fingerprint density at radius 3 is 2.78 bits per heavy atom. The smallest absolute Gasteiger partial charge is 0.349 e. The van der Waals surface area contributed by atoms with Crippen LogP contribution in [0.15, 0.2) is 39.7 Å². The molecule has 0 unspecified atom stereocenters. The molecule has 3 atom stereocenters. The summed E-state index contributed by atoms with van der Waals surface area (Å²) in [5, 5.41) is 20.0. The molecule has 3 fully saturated rings. The zero-order valence-corrected chi connectivity index (χ0v) is 25.8. The number of benzene rings is 2. The molecule has 2 aromatic carbocycles. The van der Waals surface area contributed by atoms with Crippen LogP contribution in [0.1, 0.15) is 38.2 Å². The Morgan fingerprint density at radius 2 is 2.04 bits per heavy atom. The van der Waals surface area contributed by atoms with Crippen LogP contribution < -0.4 is 15.3 Å². The highest BCUT2D eigenvalue weighted by atomic mass is 19.1. The van der Waals surface area contributed by atoms with Crippen molar-refractivity contribution in [2.45, 2.75) is 57.3 Å². The van der Waals surface area contributed by atoms with E-state index in [0.29, 0.717) is 52.7 Å². The van der Waals surface area contributed by atoms with E-state index in [1.165, 1.54) is 22.9 Å². The molecule has 3 aromatic heterocycles. The maximum Gasteiger partial charge on any atom is 0.349 e. The van der Waals surface area contributed by atoms with Gasteiger partial charge in [0.2, 0.25) is 0 Å². The molecule has 0 spiro atoms. The molecule has 3 saturated heterocycles. The van der Waals surface area contributed by atoms with Crippen molar-refractivity contribution < 1.29 is 23.0 Å². The Kier molecular flexibility index (Phi) is 6.54. The van der Waals surface area contributed by atoms with E-state index < -0.39 is 23.2 Å². The fourth-order valence-electron chi connectivity index (χ4n) is 7.54. The van der Waals surface area contributed by atoms with Crippen molar-refractivity contribution in [3.05, 3.63) is 52.3 Å². The highest BCUT2D eigenvalue weighted by molar-refractivity contribution is 6.07. The molecular formula is C33H33F2N7O4. The first-order valence-electron chi connectivity index (χ1n) is 15.6. The summed E-state index contributed by atoms with van der Waals surface area (Å²) in [6, 6.07) is 6.05. The number of aryl methyl sites for hydroxylation is 2. The van der Waals surface area contributed by atoms with E-state index in [0.717, 1.165) is 25.8 Å². The van der Waals surface area contributed by atoms with Crippen molar-refractivity contribution in [3.63, 3.8) is 0 Å². The highest BCUT2D eigenvalue weighted by Crippen LogP contribution is 2.43. The van der Waals surface area contributed by atoms with Gasteiger partial charge in [0, 0.05) is 54.7 Å². The Bertz CT molecular complexity index is 2100. The highest BCUT2D eigenvalue weighted by Gasteiger charge is 2.49. The van der Waals surface area contributed by atoms with Gasteiger partial charge in [0.25, 0.3) is 0 Å². The second-order valence-corrected chi connectivity index (χ2v) is 12.9. The largest absolute Gasteiger partial charge is 0.508 e. The van der Waals surface area contributed by atoms with Crippen molar-refractivity contribution in [1.29, 1.82) is 0 Å². The van der Waals surface area contributed by atoms with Crippen molar-refractivity contribution >= 4 is 27.5 Å². The minimum Gasteiger partial charge on any atom is -0.508 e. The first kappa shape index (κ1) is 28.8. The molecule has 238 valence electrons. The van der Waals surface area contributed by atoms with E-state index in [2.05, 4.69) is 22.1 Å². The van der Waals surface area contributed by atoms with E-state index in [4.69, 9.17) is 19.1 Å². The van der Waals surface area contributed by atoms with Crippen LogP contribution in [0.3, 0.4) is 0 Å². The first-order chi connectivity index (χ1) is 22.1. The molecule has 13 heteroatoms. The van der Waals surface area contributed by atoms with Crippen LogP contribution in [-0.2, 0) is 7.05 Å². The number of aromatic hydroxyl groups is 1. The molecule has 6 heterocycles. The number of hydrogen-bond acceptors (Lipinski definition) is 10. The maximum atomic E-state index is 15.5. The van der Waals surface area contributed by atoms with Gasteiger partial charge in [-0.15, -0.1) is 5.10 Å². The van der Waals surface area contributed by atoms with Crippen LogP contribution in [-0.4, -0.2) is 79.0 Å². The van der Waals surface area contributed by atoms with E-state index >= 15 is 4.39 Å².